The van der Waals surface area contributed by atoms with Gasteiger partial charge >= 0.3 is 0 Å². The van der Waals surface area contributed by atoms with E-state index in [-0.39, 0.29) is 17.8 Å². The highest BCUT2D eigenvalue weighted by atomic mass is 19.1. The summed E-state index contributed by atoms with van der Waals surface area (Å²) in [7, 11) is 0. The molecule has 1 atom stereocenters. The Hall–Kier alpha value is -2.28. The Morgan fingerprint density at radius 2 is 1.92 bits per heavy atom. The molecule has 0 radical (unpaired) electrons. The number of hydrogen-bond donors (Lipinski definition) is 0. The van der Waals surface area contributed by atoms with Crippen LogP contribution in [0.1, 0.15) is 30.2 Å². The monoisotopic (exact) mass is 332 g/mol. The van der Waals surface area contributed by atoms with Crippen LogP contribution in [0.3, 0.4) is 0 Å². The maximum Gasteiger partial charge on any atom is 0.243 e. The summed E-state index contributed by atoms with van der Waals surface area (Å²) in [6.07, 6.45) is 0.304. The van der Waals surface area contributed by atoms with E-state index in [0.717, 1.165) is 18.7 Å². The van der Waals surface area contributed by atoms with E-state index in [0.29, 0.717) is 31.2 Å². The van der Waals surface area contributed by atoms with Crippen LogP contribution in [0.15, 0.2) is 28.8 Å². The number of carbonyl (C=O) groups excluding carboxylic acids is 1. The van der Waals surface area contributed by atoms with Gasteiger partial charge in [0.1, 0.15) is 5.82 Å². The highest BCUT2D eigenvalue weighted by molar-refractivity contribution is 5.78. The molecule has 3 rings (SSSR count). The van der Waals surface area contributed by atoms with Crippen LogP contribution >= 0.6 is 0 Å². The fourth-order valence-electron chi connectivity index (χ4n) is 2.89. The molecule has 128 valence electrons. The second kappa shape index (κ2) is 7.09. The summed E-state index contributed by atoms with van der Waals surface area (Å²) in [6.45, 7) is 6.68. The SMILES string of the molecule is Cc1noc(C(C)N2CCN(C(=O)Cc3ccc(F)cc3)CC2)n1. The van der Waals surface area contributed by atoms with E-state index >= 15 is 0 Å². The first kappa shape index (κ1) is 16.6. The van der Waals surface area contributed by atoms with Crippen LogP contribution in [-0.2, 0) is 11.2 Å². The van der Waals surface area contributed by atoms with Crippen molar-refractivity contribution in [3.8, 4) is 0 Å². The number of piperazine rings is 1. The Labute approximate surface area is 140 Å². The summed E-state index contributed by atoms with van der Waals surface area (Å²) in [4.78, 5) is 20.7. The first-order valence-corrected chi connectivity index (χ1v) is 8.09. The van der Waals surface area contributed by atoms with Crippen molar-refractivity contribution in [3.05, 3.63) is 47.4 Å². The highest BCUT2D eigenvalue weighted by Crippen LogP contribution is 2.20. The third kappa shape index (κ3) is 3.79. The van der Waals surface area contributed by atoms with Gasteiger partial charge in [-0.05, 0) is 31.5 Å². The van der Waals surface area contributed by atoms with Crippen LogP contribution in [0.2, 0.25) is 0 Å². The molecule has 0 spiro atoms. The van der Waals surface area contributed by atoms with Gasteiger partial charge in [-0.3, -0.25) is 9.69 Å². The van der Waals surface area contributed by atoms with Crippen molar-refractivity contribution in [1.82, 2.24) is 19.9 Å². The molecule has 24 heavy (non-hydrogen) atoms. The van der Waals surface area contributed by atoms with E-state index in [2.05, 4.69) is 15.0 Å². The lowest BCUT2D eigenvalue weighted by Gasteiger charge is -2.36. The lowest BCUT2D eigenvalue weighted by molar-refractivity contribution is -0.132. The lowest BCUT2D eigenvalue weighted by Crippen LogP contribution is -2.49. The van der Waals surface area contributed by atoms with Crippen molar-refractivity contribution in [2.24, 2.45) is 0 Å². The largest absolute Gasteiger partial charge is 0.340 e. The molecule has 2 aromatic rings. The molecule has 6 nitrogen and oxygen atoms in total. The lowest BCUT2D eigenvalue weighted by atomic mass is 10.1. The third-order valence-corrected chi connectivity index (χ3v) is 4.38. The smallest absolute Gasteiger partial charge is 0.243 e. The quantitative estimate of drug-likeness (QED) is 0.856. The predicted molar refractivity (Wildman–Crippen MR) is 85.7 cm³/mol. The maximum absolute atomic E-state index is 12.9. The van der Waals surface area contributed by atoms with Gasteiger partial charge in [0.05, 0.1) is 12.5 Å². The summed E-state index contributed by atoms with van der Waals surface area (Å²) in [5.41, 5.74) is 0.832. The van der Waals surface area contributed by atoms with E-state index in [1.807, 2.05) is 11.8 Å². The zero-order valence-electron chi connectivity index (χ0n) is 13.9. The number of aryl methyl sites for hydroxylation is 1. The van der Waals surface area contributed by atoms with E-state index in [9.17, 15) is 9.18 Å². The molecule has 1 amide bonds. The van der Waals surface area contributed by atoms with E-state index in [1.54, 1.807) is 19.1 Å². The Bertz CT molecular complexity index is 693. The van der Waals surface area contributed by atoms with Gasteiger partial charge in [-0.15, -0.1) is 0 Å². The molecular formula is C17H21FN4O2. The number of amides is 1. The highest BCUT2D eigenvalue weighted by Gasteiger charge is 2.27. The summed E-state index contributed by atoms with van der Waals surface area (Å²) in [5.74, 6) is 1.02. The zero-order chi connectivity index (χ0) is 17.1. The Kier molecular flexibility index (Phi) is 4.89. The Morgan fingerprint density at radius 3 is 2.50 bits per heavy atom. The topological polar surface area (TPSA) is 62.5 Å². The zero-order valence-corrected chi connectivity index (χ0v) is 13.9. The third-order valence-electron chi connectivity index (χ3n) is 4.38. The molecule has 7 heteroatoms. The van der Waals surface area contributed by atoms with Gasteiger partial charge in [0.15, 0.2) is 5.82 Å². The number of nitrogens with zero attached hydrogens (tertiary/aromatic N) is 4. The number of carbonyl (C=O) groups is 1. The fraction of sp³-hybridized carbons (Fsp3) is 0.471. The summed E-state index contributed by atoms with van der Waals surface area (Å²) in [5, 5.41) is 3.82. The summed E-state index contributed by atoms with van der Waals surface area (Å²) < 4.78 is 18.1. The molecule has 0 bridgehead atoms. The minimum atomic E-state index is -0.287. The normalized spacial score (nSPS) is 17.0. The van der Waals surface area contributed by atoms with Crippen molar-refractivity contribution in [2.45, 2.75) is 26.3 Å². The fourth-order valence-corrected chi connectivity index (χ4v) is 2.89. The molecule has 0 N–H and O–H groups in total. The molecule has 1 aromatic carbocycles. The number of hydrogen-bond acceptors (Lipinski definition) is 5. The summed E-state index contributed by atoms with van der Waals surface area (Å²) >= 11 is 0. The van der Waals surface area contributed by atoms with E-state index in [4.69, 9.17) is 4.52 Å². The minimum absolute atomic E-state index is 0.0422. The number of halogens is 1. The van der Waals surface area contributed by atoms with Crippen molar-refractivity contribution < 1.29 is 13.7 Å². The molecule has 1 aromatic heterocycles. The average molecular weight is 332 g/mol. The van der Waals surface area contributed by atoms with Gasteiger partial charge in [0, 0.05) is 26.2 Å². The maximum atomic E-state index is 12.9. The van der Waals surface area contributed by atoms with Crippen LogP contribution in [0.5, 0.6) is 0 Å². The molecule has 2 heterocycles. The van der Waals surface area contributed by atoms with Crippen LogP contribution in [0.25, 0.3) is 0 Å². The van der Waals surface area contributed by atoms with E-state index in [1.165, 1.54) is 12.1 Å². The number of benzene rings is 1. The number of aromatic nitrogens is 2. The minimum Gasteiger partial charge on any atom is -0.340 e. The van der Waals surface area contributed by atoms with Crippen molar-refractivity contribution in [3.63, 3.8) is 0 Å². The van der Waals surface area contributed by atoms with Gasteiger partial charge < -0.3 is 9.42 Å². The first-order valence-electron chi connectivity index (χ1n) is 8.09. The van der Waals surface area contributed by atoms with Crippen molar-refractivity contribution in [1.29, 1.82) is 0 Å². The van der Waals surface area contributed by atoms with Gasteiger partial charge in [-0.1, -0.05) is 17.3 Å². The van der Waals surface area contributed by atoms with Crippen molar-refractivity contribution in [2.75, 3.05) is 26.2 Å². The van der Waals surface area contributed by atoms with Gasteiger partial charge in [-0.2, -0.15) is 4.98 Å². The Balaban J connectivity index is 1.52. The first-order chi connectivity index (χ1) is 11.5. The second-order valence-electron chi connectivity index (χ2n) is 6.08. The van der Waals surface area contributed by atoms with Crippen LogP contribution < -0.4 is 0 Å². The second-order valence-corrected chi connectivity index (χ2v) is 6.08. The van der Waals surface area contributed by atoms with E-state index < -0.39 is 0 Å². The molecule has 0 saturated carbocycles. The molecule has 1 aliphatic rings. The van der Waals surface area contributed by atoms with Crippen LogP contribution in [0.4, 0.5) is 4.39 Å². The molecule has 1 fully saturated rings. The standard InChI is InChI=1S/C17H21FN4O2/c1-12(17-19-13(2)20-24-17)21-7-9-22(10-8-21)16(23)11-14-3-5-15(18)6-4-14/h3-6,12H,7-11H2,1-2H3. The summed E-state index contributed by atoms with van der Waals surface area (Å²) in [6, 6.07) is 6.12. The predicted octanol–water partition coefficient (Wildman–Crippen LogP) is 1.97. The van der Waals surface area contributed by atoms with Gasteiger partial charge in [0.25, 0.3) is 0 Å². The van der Waals surface area contributed by atoms with Gasteiger partial charge in [0.2, 0.25) is 11.8 Å². The van der Waals surface area contributed by atoms with Crippen LogP contribution in [-0.4, -0.2) is 52.0 Å². The molecule has 0 aliphatic carbocycles. The molecule has 1 unspecified atom stereocenters. The molecule has 1 saturated heterocycles. The molecular weight excluding hydrogens is 311 g/mol. The van der Waals surface area contributed by atoms with Crippen molar-refractivity contribution >= 4 is 5.91 Å². The Morgan fingerprint density at radius 1 is 1.25 bits per heavy atom. The van der Waals surface area contributed by atoms with Gasteiger partial charge in [-0.25, -0.2) is 4.39 Å². The molecule has 1 aliphatic heterocycles. The average Bonchev–Trinajstić information content (AvgIpc) is 3.03. The number of rotatable bonds is 4. The van der Waals surface area contributed by atoms with Crippen LogP contribution in [0, 0.1) is 12.7 Å².